The average molecular weight is 333 g/mol. The second-order valence-corrected chi connectivity index (χ2v) is 6.94. The quantitative estimate of drug-likeness (QED) is 0.819. The van der Waals surface area contributed by atoms with Gasteiger partial charge in [0.2, 0.25) is 5.91 Å². The molecule has 2 aliphatic rings. The molecule has 23 heavy (non-hydrogen) atoms. The fourth-order valence-corrected chi connectivity index (χ4v) is 4.49. The Morgan fingerprint density at radius 1 is 1.48 bits per heavy atom. The van der Waals surface area contributed by atoms with Gasteiger partial charge in [0.15, 0.2) is 0 Å². The Bertz CT molecular complexity index is 865. The minimum Gasteiger partial charge on any atom is -0.477 e. The van der Waals surface area contributed by atoms with E-state index in [1.54, 1.807) is 13.1 Å². The molecule has 0 radical (unpaired) electrons. The molecule has 0 aliphatic carbocycles. The molecule has 0 spiro atoms. The largest absolute Gasteiger partial charge is 0.477 e. The normalized spacial score (nSPS) is 28.2. The van der Waals surface area contributed by atoms with Gasteiger partial charge in [-0.2, -0.15) is 0 Å². The lowest BCUT2D eigenvalue weighted by Crippen LogP contribution is -2.63. The maximum atomic E-state index is 12.3. The van der Waals surface area contributed by atoms with Gasteiger partial charge in [-0.25, -0.2) is 9.78 Å². The third-order valence-corrected chi connectivity index (χ3v) is 5.58. The van der Waals surface area contributed by atoms with Crippen molar-refractivity contribution in [3.8, 4) is 0 Å². The van der Waals surface area contributed by atoms with Crippen LogP contribution in [-0.4, -0.2) is 48.5 Å². The number of aliphatic carboxylic acids is 1. The molecule has 0 aromatic carbocycles. The van der Waals surface area contributed by atoms with Crippen LogP contribution in [0.25, 0.3) is 10.4 Å². The number of aliphatic hydroxyl groups is 1. The number of aliphatic hydroxyl groups excluding tert-OH is 1. The summed E-state index contributed by atoms with van der Waals surface area (Å²) in [6, 6.07) is -0.324. The first-order valence-electron chi connectivity index (χ1n) is 7.33. The van der Waals surface area contributed by atoms with Crippen LogP contribution in [0.1, 0.15) is 19.7 Å². The topological polar surface area (TPSA) is 95.1 Å². The standard InChI is InChI=1S/C15H15N3O4S/c1-6-9(13-16-5-8-17(13)3-4-23-8)12(15(21)22)18-11(6)10(7(2)19)14(18)20/h3-7,10-11,19H,1-2H3,(H,21,22)/t6-,7+,10+,11+/m0/s1. The lowest BCUT2D eigenvalue weighted by atomic mass is 9.77. The van der Waals surface area contributed by atoms with Crippen molar-refractivity contribution in [1.82, 2.24) is 14.3 Å². The zero-order chi connectivity index (χ0) is 16.5. The third-order valence-electron chi connectivity index (χ3n) is 4.78. The number of amides is 1. The van der Waals surface area contributed by atoms with Crippen LogP contribution >= 0.6 is 11.3 Å². The maximum absolute atomic E-state index is 12.3. The Balaban J connectivity index is 1.90. The molecule has 1 fully saturated rings. The van der Waals surface area contributed by atoms with E-state index in [0.717, 1.165) is 4.83 Å². The van der Waals surface area contributed by atoms with Gasteiger partial charge < -0.3 is 15.1 Å². The van der Waals surface area contributed by atoms with Crippen molar-refractivity contribution in [3.63, 3.8) is 0 Å². The Hall–Kier alpha value is -2.19. The van der Waals surface area contributed by atoms with Gasteiger partial charge in [0.1, 0.15) is 16.4 Å². The van der Waals surface area contributed by atoms with Crippen molar-refractivity contribution in [2.24, 2.45) is 11.8 Å². The summed E-state index contributed by atoms with van der Waals surface area (Å²) in [5, 5.41) is 21.4. The molecule has 120 valence electrons. The summed E-state index contributed by atoms with van der Waals surface area (Å²) < 4.78 is 1.84. The molecule has 0 unspecified atom stereocenters. The minimum absolute atomic E-state index is 0.0110. The lowest BCUT2D eigenvalue weighted by molar-refractivity contribution is -0.163. The van der Waals surface area contributed by atoms with Crippen LogP contribution in [-0.2, 0) is 9.59 Å². The average Bonchev–Trinajstić information content (AvgIpc) is 3.11. The van der Waals surface area contributed by atoms with Crippen molar-refractivity contribution < 1.29 is 19.8 Å². The van der Waals surface area contributed by atoms with Gasteiger partial charge in [0.05, 0.1) is 24.3 Å². The van der Waals surface area contributed by atoms with Crippen LogP contribution in [0.5, 0.6) is 0 Å². The molecule has 0 bridgehead atoms. The molecular formula is C15H15N3O4S. The van der Waals surface area contributed by atoms with E-state index in [1.165, 1.54) is 16.2 Å². The number of carboxylic acids is 1. The summed E-state index contributed by atoms with van der Waals surface area (Å²) >= 11 is 1.51. The number of carbonyl (C=O) groups excluding carboxylic acids is 1. The maximum Gasteiger partial charge on any atom is 0.353 e. The van der Waals surface area contributed by atoms with Crippen molar-refractivity contribution in [3.05, 3.63) is 29.3 Å². The Morgan fingerprint density at radius 3 is 2.87 bits per heavy atom. The van der Waals surface area contributed by atoms with Crippen LogP contribution in [0, 0.1) is 11.8 Å². The van der Waals surface area contributed by atoms with E-state index in [-0.39, 0.29) is 23.6 Å². The number of β-lactam (4-membered cyclic amide) rings is 1. The second-order valence-electron chi connectivity index (χ2n) is 6.01. The fraction of sp³-hybridized carbons (Fsp3) is 0.400. The highest BCUT2D eigenvalue weighted by Gasteiger charge is 2.60. The van der Waals surface area contributed by atoms with E-state index >= 15 is 0 Å². The van der Waals surface area contributed by atoms with Gasteiger partial charge in [-0.1, -0.05) is 6.92 Å². The summed E-state index contributed by atoms with van der Waals surface area (Å²) in [5.74, 6) is -1.68. The Labute approximate surface area is 135 Å². The summed E-state index contributed by atoms with van der Waals surface area (Å²) in [5.41, 5.74) is 0.542. The summed E-state index contributed by atoms with van der Waals surface area (Å²) in [6.45, 7) is 3.45. The summed E-state index contributed by atoms with van der Waals surface area (Å²) in [4.78, 5) is 30.7. The zero-order valence-electron chi connectivity index (χ0n) is 12.5. The zero-order valence-corrected chi connectivity index (χ0v) is 13.3. The molecule has 4 atom stereocenters. The first-order valence-corrected chi connectivity index (χ1v) is 8.21. The van der Waals surface area contributed by atoms with Crippen molar-refractivity contribution in [2.45, 2.75) is 26.0 Å². The SMILES string of the molecule is C[C@@H](O)[C@H]1C(=O)N2C(C(=O)O)=C(c3ncc4sccn34)[C@H](C)[C@H]12. The number of rotatable bonds is 3. The Morgan fingerprint density at radius 2 is 2.22 bits per heavy atom. The molecular weight excluding hydrogens is 318 g/mol. The molecule has 0 saturated carbocycles. The molecule has 2 aliphatic heterocycles. The van der Waals surface area contributed by atoms with E-state index < -0.39 is 18.0 Å². The first-order chi connectivity index (χ1) is 10.9. The number of hydrogen-bond acceptors (Lipinski definition) is 5. The number of thiazole rings is 1. The van der Waals surface area contributed by atoms with Crippen molar-refractivity contribution in [1.29, 1.82) is 0 Å². The van der Waals surface area contributed by atoms with E-state index in [0.29, 0.717) is 11.4 Å². The number of aromatic nitrogens is 2. The number of nitrogens with zero attached hydrogens (tertiary/aromatic N) is 3. The molecule has 2 N–H and O–H groups in total. The van der Waals surface area contributed by atoms with Crippen LogP contribution in [0.4, 0.5) is 0 Å². The number of carboxylic acid groups (broad SMARTS) is 1. The van der Waals surface area contributed by atoms with E-state index in [1.807, 2.05) is 22.9 Å². The molecule has 4 heterocycles. The molecule has 2 aromatic heterocycles. The van der Waals surface area contributed by atoms with E-state index in [9.17, 15) is 19.8 Å². The highest BCUT2D eigenvalue weighted by Crippen LogP contribution is 2.50. The predicted molar refractivity (Wildman–Crippen MR) is 82.6 cm³/mol. The van der Waals surface area contributed by atoms with Crippen LogP contribution in [0.15, 0.2) is 23.5 Å². The predicted octanol–water partition coefficient (Wildman–Crippen LogP) is 1.05. The van der Waals surface area contributed by atoms with Crippen LogP contribution < -0.4 is 0 Å². The number of fused-ring (bicyclic) bond motifs is 2. The molecule has 7 nitrogen and oxygen atoms in total. The van der Waals surface area contributed by atoms with Gasteiger partial charge in [0, 0.05) is 23.1 Å². The number of carbonyl (C=O) groups is 2. The number of hydrogen-bond donors (Lipinski definition) is 2. The Kier molecular flexibility index (Phi) is 2.91. The molecule has 2 aromatic rings. The van der Waals surface area contributed by atoms with Gasteiger partial charge in [-0.3, -0.25) is 9.20 Å². The van der Waals surface area contributed by atoms with Crippen LogP contribution in [0.2, 0.25) is 0 Å². The van der Waals surface area contributed by atoms with Gasteiger partial charge in [-0.15, -0.1) is 11.3 Å². The van der Waals surface area contributed by atoms with Gasteiger partial charge in [-0.05, 0) is 6.92 Å². The monoisotopic (exact) mass is 333 g/mol. The van der Waals surface area contributed by atoms with Crippen LogP contribution in [0.3, 0.4) is 0 Å². The van der Waals surface area contributed by atoms with Crippen molar-refractivity contribution >= 4 is 33.6 Å². The van der Waals surface area contributed by atoms with E-state index in [4.69, 9.17) is 0 Å². The lowest BCUT2D eigenvalue weighted by Gasteiger charge is -2.46. The molecule has 1 saturated heterocycles. The molecule has 1 amide bonds. The second kappa shape index (κ2) is 4.65. The molecule has 8 heteroatoms. The first kappa shape index (κ1) is 14.4. The third kappa shape index (κ3) is 1.70. The molecule has 4 rings (SSSR count). The van der Waals surface area contributed by atoms with Crippen molar-refractivity contribution in [2.75, 3.05) is 0 Å². The van der Waals surface area contributed by atoms with Gasteiger partial charge in [0.25, 0.3) is 0 Å². The number of imidazole rings is 1. The van der Waals surface area contributed by atoms with E-state index in [2.05, 4.69) is 4.98 Å². The highest BCUT2D eigenvalue weighted by molar-refractivity contribution is 7.15. The summed E-state index contributed by atoms with van der Waals surface area (Å²) in [7, 11) is 0. The smallest absolute Gasteiger partial charge is 0.353 e. The van der Waals surface area contributed by atoms with Gasteiger partial charge >= 0.3 is 5.97 Å². The minimum atomic E-state index is -1.14. The fourth-order valence-electron chi connectivity index (χ4n) is 3.80. The highest BCUT2D eigenvalue weighted by atomic mass is 32.1. The summed E-state index contributed by atoms with van der Waals surface area (Å²) in [6.07, 6.45) is 2.73.